The van der Waals surface area contributed by atoms with E-state index < -0.39 is 12.0 Å². The Morgan fingerprint density at radius 2 is 2.09 bits per heavy atom. The number of carbonyl (C=O) groups excluding carboxylic acids is 2. The van der Waals surface area contributed by atoms with E-state index in [1.807, 2.05) is 37.4 Å². The lowest BCUT2D eigenvalue weighted by molar-refractivity contribution is -0.310. The first kappa shape index (κ1) is 18.0. The molecule has 0 saturated carbocycles. The fourth-order valence-corrected chi connectivity index (χ4v) is 3.96. The molecule has 0 aromatic heterocycles. The van der Waals surface area contributed by atoms with Crippen molar-refractivity contribution >= 4 is 58.0 Å². The number of hydrogen-bond acceptors (Lipinski definition) is 6. The number of amides is 1. The normalized spacial score (nSPS) is 17.8. The summed E-state index contributed by atoms with van der Waals surface area (Å²) >= 11 is 7.86. The topological polar surface area (TPSA) is 60.4 Å². The zero-order valence-electron chi connectivity index (χ0n) is 12.8. The first-order valence-electron chi connectivity index (χ1n) is 6.97. The van der Waals surface area contributed by atoms with Gasteiger partial charge in [0.2, 0.25) is 0 Å². The van der Waals surface area contributed by atoms with Gasteiger partial charge < -0.3 is 9.90 Å². The lowest BCUT2D eigenvalue weighted by Crippen LogP contribution is -2.50. The molecule has 0 N–H and O–H groups in total. The number of carbonyl (C=O) groups is 2. The van der Waals surface area contributed by atoms with Gasteiger partial charge in [-0.25, -0.2) is 0 Å². The Morgan fingerprint density at radius 3 is 2.65 bits per heavy atom. The highest BCUT2D eigenvalue weighted by atomic mass is 32.2. The molecular formula is C16H16NO3S3-. The number of carboxylic acid groups (broad SMARTS) is 1. The van der Waals surface area contributed by atoms with Crippen LogP contribution < -0.4 is 5.11 Å². The molecule has 1 aromatic rings. The van der Waals surface area contributed by atoms with Crippen molar-refractivity contribution in [3.8, 4) is 0 Å². The molecule has 1 aromatic carbocycles. The van der Waals surface area contributed by atoms with Gasteiger partial charge in [-0.2, -0.15) is 11.8 Å². The van der Waals surface area contributed by atoms with E-state index in [9.17, 15) is 14.7 Å². The molecule has 1 saturated heterocycles. The average molecular weight is 367 g/mol. The number of hydrogen-bond donors (Lipinski definition) is 0. The molecule has 1 aliphatic rings. The van der Waals surface area contributed by atoms with Gasteiger partial charge in [0.05, 0.1) is 16.9 Å². The molecule has 4 nitrogen and oxygen atoms in total. The van der Waals surface area contributed by atoms with Crippen LogP contribution in [-0.4, -0.2) is 39.1 Å². The SMILES string of the molecule is CSCC[C@@H](C(=O)[O-])N1C(=O)/C(=C\c2ccc(C)cc2)SC1=S. The minimum absolute atomic E-state index is 0.267. The van der Waals surface area contributed by atoms with Crippen molar-refractivity contribution in [1.82, 2.24) is 4.90 Å². The summed E-state index contributed by atoms with van der Waals surface area (Å²) in [5.41, 5.74) is 2.01. The van der Waals surface area contributed by atoms with Crippen LogP contribution in [0.2, 0.25) is 0 Å². The second kappa shape index (κ2) is 7.99. The third-order valence-corrected chi connectivity index (χ3v) is 5.35. The molecule has 1 atom stereocenters. The van der Waals surface area contributed by atoms with Crippen molar-refractivity contribution in [2.45, 2.75) is 19.4 Å². The van der Waals surface area contributed by atoms with Crippen molar-refractivity contribution in [2.24, 2.45) is 0 Å². The lowest BCUT2D eigenvalue weighted by Gasteiger charge is -2.27. The van der Waals surface area contributed by atoms with Gasteiger partial charge in [-0.05, 0) is 37.0 Å². The molecule has 122 valence electrons. The highest BCUT2D eigenvalue weighted by molar-refractivity contribution is 8.26. The molecular weight excluding hydrogens is 350 g/mol. The van der Waals surface area contributed by atoms with Gasteiger partial charge in [-0.3, -0.25) is 9.69 Å². The zero-order valence-corrected chi connectivity index (χ0v) is 15.2. The number of thioether (sulfide) groups is 2. The third kappa shape index (κ3) is 4.37. The monoisotopic (exact) mass is 366 g/mol. The third-order valence-electron chi connectivity index (χ3n) is 3.38. The number of carboxylic acids is 1. The number of aryl methyl sites for hydroxylation is 1. The van der Waals surface area contributed by atoms with Gasteiger partial charge >= 0.3 is 0 Å². The van der Waals surface area contributed by atoms with Gasteiger partial charge in [0, 0.05) is 0 Å². The van der Waals surface area contributed by atoms with Crippen LogP contribution in [0.3, 0.4) is 0 Å². The van der Waals surface area contributed by atoms with Crippen molar-refractivity contribution in [2.75, 3.05) is 12.0 Å². The van der Waals surface area contributed by atoms with Crippen LogP contribution in [0.5, 0.6) is 0 Å². The summed E-state index contributed by atoms with van der Waals surface area (Å²) in [7, 11) is 0. The zero-order chi connectivity index (χ0) is 17.0. The molecule has 1 amide bonds. The van der Waals surface area contributed by atoms with Crippen LogP contribution in [0.15, 0.2) is 29.2 Å². The Balaban J connectivity index is 2.24. The molecule has 23 heavy (non-hydrogen) atoms. The first-order valence-corrected chi connectivity index (χ1v) is 9.59. The maximum absolute atomic E-state index is 12.5. The van der Waals surface area contributed by atoms with Crippen molar-refractivity contribution < 1.29 is 14.7 Å². The van der Waals surface area contributed by atoms with Crippen LogP contribution in [0.4, 0.5) is 0 Å². The second-order valence-corrected chi connectivity index (χ2v) is 7.74. The number of aliphatic carboxylic acids is 1. The van der Waals surface area contributed by atoms with Gasteiger partial charge in [0.15, 0.2) is 0 Å². The quantitative estimate of drug-likeness (QED) is 0.567. The molecule has 1 fully saturated rings. The summed E-state index contributed by atoms with van der Waals surface area (Å²) in [4.78, 5) is 25.5. The Bertz CT molecular complexity index is 655. The standard InChI is InChI=1S/C16H17NO3S3/c1-10-3-5-11(6-4-10)9-13-14(18)17(16(21)23-13)12(15(19)20)7-8-22-2/h3-6,9,12H,7-8H2,1-2H3,(H,19,20)/p-1/b13-9+/t12-/m0/s1. The molecule has 1 heterocycles. The van der Waals surface area contributed by atoms with E-state index in [-0.39, 0.29) is 10.2 Å². The molecule has 0 bridgehead atoms. The molecule has 0 spiro atoms. The summed E-state index contributed by atoms with van der Waals surface area (Å²) in [5, 5.41) is 11.4. The highest BCUT2D eigenvalue weighted by Gasteiger charge is 2.37. The maximum atomic E-state index is 12.5. The summed E-state index contributed by atoms with van der Waals surface area (Å²) in [6.45, 7) is 1.99. The van der Waals surface area contributed by atoms with Crippen molar-refractivity contribution in [3.05, 3.63) is 40.3 Å². The maximum Gasteiger partial charge on any atom is 0.266 e. The van der Waals surface area contributed by atoms with E-state index in [0.29, 0.717) is 17.1 Å². The van der Waals surface area contributed by atoms with Crippen LogP contribution in [0.25, 0.3) is 6.08 Å². The van der Waals surface area contributed by atoms with Gasteiger partial charge in [0.25, 0.3) is 5.91 Å². The Labute approximate surface area is 149 Å². The fraction of sp³-hybridized carbons (Fsp3) is 0.312. The van der Waals surface area contributed by atoms with E-state index >= 15 is 0 Å². The van der Waals surface area contributed by atoms with E-state index in [1.54, 1.807) is 6.08 Å². The van der Waals surface area contributed by atoms with Crippen molar-refractivity contribution in [1.29, 1.82) is 0 Å². The van der Waals surface area contributed by atoms with E-state index in [1.165, 1.54) is 16.7 Å². The summed E-state index contributed by atoms with van der Waals surface area (Å²) in [6, 6.07) is 6.71. The predicted octanol–water partition coefficient (Wildman–Crippen LogP) is 2.07. The van der Waals surface area contributed by atoms with E-state index in [2.05, 4.69) is 0 Å². The summed E-state index contributed by atoms with van der Waals surface area (Å²) in [5.74, 6) is -1.02. The van der Waals surface area contributed by atoms with Crippen LogP contribution in [-0.2, 0) is 9.59 Å². The Morgan fingerprint density at radius 1 is 1.43 bits per heavy atom. The smallest absolute Gasteiger partial charge is 0.266 e. The first-order chi connectivity index (χ1) is 10.9. The fourth-order valence-electron chi connectivity index (χ4n) is 2.14. The van der Waals surface area contributed by atoms with Gasteiger partial charge in [-0.15, -0.1) is 0 Å². The largest absolute Gasteiger partial charge is 0.548 e. The van der Waals surface area contributed by atoms with Crippen LogP contribution in [0, 0.1) is 6.92 Å². The second-order valence-electron chi connectivity index (χ2n) is 5.08. The molecule has 0 aliphatic carbocycles. The Hall–Kier alpha value is -1.31. The van der Waals surface area contributed by atoms with E-state index in [0.717, 1.165) is 22.9 Å². The van der Waals surface area contributed by atoms with Crippen molar-refractivity contribution in [3.63, 3.8) is 0 Å². The molecule has 0 unspecified atom stereocenters. The molecule has 1 aliphatic heterocycles. The average Bonchev–Trinajstić information content (AvgIpc) is 2.77. The predicted molar refractivity (Wildman–Crippen MR) is 98.0 cm³/mol. The molecule has 0 radical (unpaired) electrons. The highest BCUT2D eigenvalue weighted by Crippen LogP contribution is 2.34. The minimum Gasteiger partial charge on any atom is -0.548 e. The van der Waals surface area contributed by atoms with Crippen LogP contribution >= 0.6 is 35.7 Å². The van der Waals surface area contributed by atoms with E-state index in [4.69, 9.17) is 12.2 Å². The lowest BCUT2D eigenvalue weighted by atomic mass is 10.1. The number of thiocarbonyl (C=S) groups is 1. The number of nitrogens with zero attached hydrogens (tertiary/aromatic N) is 1. The molecule has 7 heteroatoms. The number of rotatable bonds is 6. The van der Waals surface area contributed by atoms with Gasteiger partial charge in [0.1, 0.15) is 4.32 Å². The number of benzene rings is 1. The molecule has 2 rings (SSSR count). The van der Waals surface area contributed by atoms with Crippen LogP contribution in [0.1, 0.15) is 17.5 Å². The summed E-state index contributed by atoms with van der Waals surface area (Å²) < 4.78 is 0.267. The Kier molecular flexibility index (Phi) is 6.26. The minimum atomic E-state index is -1.27. The van der Waals surface area contributed by atoms with Gasteiger partial charge in [-0.1, -0.05) is 53.8 Å². The summed E-state index contributed by atoms with van der Waals surface area (Å²) in [6.07, 6.45) is 3.93.